The Hall–Kier alpha value is -3.63. The Kier molecular flexibility index (Phi) is 10.1. The fraction of sp³-hybridized carbons (Fsp3) is 0.464. The Morgan fingerprint density at radius 1 is 1.05 bits per heavy atom. The quantitative estimate of drug-likeness (QED) is 0.621. The van der Waals surface area contributed by atoms with E-state index >= 15 is 0 Å². The monoisotopic (exact) mass is 525 g/mol. The normalized spacial score (nSPS) is 20.6. The minimum atomic E-state index is -0.418. The molecule has 0 fully saturated rings. The van der Waals surface area contributed by atoms with Gasteiger partial charge >= 0.3 is 6.03 Å². The number of urea groups is 1. The van der Waals surface area contributed by atoms with E-state index in [0.29, 0.717) is 35.8 Å². The number of nitrogens with zero attached hydrogens (tertiary/aromatic N) is 3. The van der Waals surface area contributed by atoms with Crippen molar-refractivity contribution in [1.29, 1.82) is 0 Å². The first kappa shape index (κ1) is 28.9. The molecule has 0 aliphatic carbocycles. The summed E-state index contributed by atoms with van der Waals surface area (Å²) in [7, 11) is 7.05. The van der Waals surface area contributed by atoms with Gasteiger partial charge in [-0.2, -0.15) is 0 Å². The number of likely N-dealkylation sites (N-methyl/N-ethyl adjacent to an activating group) is 2. The van der Waals surface area contributed by atoms with Gasteiger partial charge in [0.1, 0.15) is 12.4 Å². The van der Waals surface area contributed by atoms with Gasteiger partial charge in [0.15, 0.2) is 0 Å². The number of methoxy groups -OCH3 is 1. The zero-order chi connectivity index (χ0) is 27.8. The van der Waals surface area contributed by atoms with Crippen molar-refractivity contribution in [2.45, 2.75) is 26.0 Å². The molecule has 0 saturated carbocycles. The second-order valence-corrected chi connectivity index (χ2v) is 10.0. The summed E-state index contributed by atoms with van der Waals surface area (Å²) in [6, 6.07) is 13.4. The van der Waals surface area contributed by atoms with Crippen LogP contribution in [0.2, 0.25) is 0 Å². The van der Waals surface area contributed by atoms with E-state index < -0.39 is 6.03 Å². The SMILES string of the molecule is CO[C@H]1CN(C)C(=O)c2ccc(NC(=O)Nc3ccccc3)cc2OC[C@H](C)N(C(=O)CN(C)C)C[C@@H]1C. The molecule has 1 aliphatic heterocycles. The maximum Gasteiger partial charge on any atom is 0.323 e. The third-order valence-corrected chi connectivity index (χ3v) is 6.51. The molecule has 0 unspecified atom stereocenters. The minimum absolute atomic E-state index is 0.0116. The van der Waals surface area contributed by atoms with Crippen LogP contribution in [0.4, 0.5) is 16.2 Å². The second kappa shape index (κ2) is 13.3. The number of fused-ring (bicyclic) bond motifs is 1. The molecule has 3 rings (SSSR count). The van der Waals surface area contributed by atoms with Gasteiger partial charge in [-0.25, -0.2) is 4.79 Å². The van der Waals surface area contributed by atoms with Crippen molar-refractivity contribution in [2.75, 3.05) is 65.1 Å². The maximum atomic E-state index is 13.4. The third kappa shape index (κ3) is 7.69. The van der Waals surface area contributed by atoms with Crippen molar-refractivity contribution in [1.82, 2.24) is 14.7 Å². The van der Waals surface area contributed by atoms with Crippen LogP contribution in [-0.4, -0.2) is 99.2 Å². The molecule has 38 heavy (non-hydrogen) atoms. The van der Waals surface area contributed by atoms with Crippen LogP contribution in [0.15, 0.2) is 48.5 Å². The van der Waals surface area contributed by atoms with Gasteiger partial charge in [-0.3, -0.25) is 9.59 Å². The molecule has 3 atom stereocenters. The molecular weight excluding hydrogens is 486 g/mol. The number of anilines is 2. The van der Waals surface area contributed by atoms with E-state index in [0.717, 1.165) is 0 Å². The molecule has 206 valence electrons. The average molecular weight is 526 g/mol. The smallest absolute Gasteiger partial charge is 0.323 e. The number of rotatable bonds is 5. The first-order valence-electron chi connectivity index (χ1n) is 12.7. The van der Waals surface area contributed by atoms with Gasteiger partial charge in [-0.15, -0.1) is 0 Å². The van der Waals surface area contributed by atoms with Crippen molar-refractivity contribution < 1.29 is 23.9 Å². The Bertz CT molecular complexity index is 1110. The van der Waals surface area contributed by atoms with Crippen molar-refractivity contribution in [3.05, 3.63) is 54.1 Å². The van der Waals surface area contributed by atoms with Gasteiger partial charge in [0.25, 0.3) is 5.91 Å². The standard InChI is InChI=1S/C28H39N5O5/c1-19-15-33(26(34)17-31(3)4)20(2)18-38-24-14-22(30-28(36)29-21-10-8-7-9-11-21)12-13-23(24)27(35)32(5)16-25(19)37-6/h7-14,19-20,25H,15-18H2,1-6H3,(H2,29,30,36)/t19-,20-,25-/m0/s1. The van der Waals surface area contributed by atoms with Gasteiger partial charge < -0.3 is 34.8 Å². The van der Waals surface area contributed by atoms with Gasteiger partial charge in [0.2, 0.25) is 5.91 Å². The lowest BCUT2D eigenvalue weighted by molar-refractivity contribution is -0.136. The summed E-state index contributed by atoms with van der Waals surface area (Å²) >= 11 is 0. The number of hydrogen-bond donors (Lipinski definition) is 2. The van der Waals surface area contributed by atoms with E-state index in [1.807, 2.05) is 55.9 Å². The lowest BCUT2D eigenvalue weighted by atomic mass is 10.0. The van der Waals surface area contributed by atoms with Gasteiger partial charge in [-0.1, -0.05) is 25.1 Å². The predicted molar refractivity (Wildman–Crippen MR) is 148 cm³/mol. The molecule has 1 heterocycles. The number of ether oxygens (including phenoxy) is 2. The molecule has 2 aromatic rings. The summed E-state index contributed by atoms with van der Waals surface area (Å²) in [6.07, 6.45) is -0.266. The number of hydrogen-bond acceptors (Lipinski definition) is 6. The summed E-state index contributed by atoms with van der Waals surface area (Å²) in [6.45, 7) is 5.21. The largest absolute Gasteiger partial charge is 0.491 e. The first-order chi connectivity index (χ1) is 18.1. The highest BCUT2D eigenvalue weighted by molar-refractivity contribution is 6.01. The van der Waals surface area contributed by atoms with Crippen LogP contribution >= 0.6 is 0 Å². The van der Waals surface area contributed by atoms with Crippen LogP contribution < -0.4 is 15.4 Å². The van der Waals surface area contributed by atoms with Crippen LogP contribution in [0.25, 0.3) is 0 Å². The second-order valence-electron chi connectivity index (χ2n) is 10.0. The van der Waals surface area contributed by atoms with E-state index in [-0.39, 0.29) is 43.0 Å². The number of carbonyl (C=O) groups is 3. The molecule has 4 amide bonds. The highest BCUT2D eigenvalue weighted by atomic mass is 16.5. The van der Waals surface area contributed by atoms with Crippen molar-refractivity contribution >= 4 is 29.2 Å². The maximum absolute atomic E-state index is 13.4. The first-order valence-corrected chi connectivity index (χ1v) is 12.7. The third-order valence-electron chi connectivity index (χ3n) is 6.51. The van der Waals surface area contributed by atoms with Crippen LogP contribution in [-0.2, 0) is 9.53 Å². The summed E-state index contributed by atoms with van der Waals surface area (Å²) < 4.78 is 11.9. The molecule has 0 spiro atoms. The highest BCUT2D eigenvalue weighted by Crippen LogP contribution is 2.27. The van der Waals surface area contributed by atoms with Gasteiger partial charge in [0, 0.05) is 50.6 Å². The molecule has 0 bridgehead atoms. The van der Waals surface area contributed by atoms with Crippen molar-refractivity contribution in [2.24, 2.45) is 5.92 Å². The predicted octanol–water partition coefficient (Wildman–Crippen LogP) is 3.22. The van der Waals surface area contributed by atoms with Gasteiger partial charge in [-0.05, 0) is 45.3 Å². The topological polar surface area (TPSA) is 103 Å². The molecular formula is C28H39N5O5. The molecule has 10 heteroatoms. The molecule has 1 aliphatic rings. The zero-order valence-electron chi connectivity index (χ0n) is 23.1. The Labute approximate surface area is 224 Å². The number of benzene rings is 2. The summed E-state index contributed by atoms with van der Waals surface area (Å²) in [4.78, 5) is 44.3. The van der Waals surface area contributed by atoms with E-state index in [4.69, 9.17) is 9.47 Å². The Balaban J connectivity index is 1.89. The zero-order valence-corrected chi connectivity index (χ0v) is 23.1. The van der Waals surface area contributed by atoms with Crippen LogP contribution in [0.3, 0.4) is 0 Å². The fourth-order valence-electron chi connectivity index (χ4n) is 4.37. The molecule has 2 aromatic carbocycles. The van der Waals surface area contributed by atoms with Crippen LogP contribution in [0, 0.1) is 5.92 Å². The molecule has 0 saturated heterocycles. The summed E-state index contributed by atoms with van der Waals surface area (Å²) in [5, 5.41) is 5.56. The van der Waals surface area contributed by atoms with E-state index in [2.05, 4.69) is 10.6 Å². The molecule has 10 nitrogen and oxygen atoms in total. The number of para-hydroxylation sites is 1. The molecule has 2 N–H and O–H groups in total. The van der Waals surface area contributed by atoms with E-state index in [9.17, 15) is 14.4 Å². The van der Waals surface area contributed by atoms with Crippen LogP contribution in [0.5, 0.6) is 5.75 Å². The van der Waals surface area contributed by atoms with Crippen LogP contribution in [0.1, 0.15) is 24.2 Å². The highest BCUT2D eigenvalue weighted by Gasteiger charge is 2.30. The lowest BCUT2D eigenvalue weighted by Gasteiger charge is -2.36. The van der Waals surface area contributed by atoms with E-state index in [1.165, 1.54) is 0 Å². The fourth-order valence-corrected chi connectivity index (χ4v) is 4.37. The minimum Gasteiger partial charge on any atom is -0.491 e. The molecule has 0 radical (unpaired) electrons. The number of carbonyl (C=O) groups excluding carboxylic acids is 3. The van der Waals surface area contributed by atoms with Gasteiger partial charge in [0.05, 0.1) is 24.3 Å². The lowest BCUT2D eigenvalue weighted by Crippen LogP contribution is -2.50. The Morgan fingerprint density at radius 3 is 2.39 bits per heavy atom. The summed E-state index contributed by atoms with van der Waals surface area (Å²) in [5.74, 6) is 0.0806. The van der Waals surface area contributed by atoms with Crippen molar-refractivity contribution in [3.8, 4) is 5.75 Å². The number of nitrogens with one attached hydrogen (secondary N) is 2. The van der Waals surface area contributed by atoms with Crippen molar-refractivity contribution in [3.63, 3.8) is 0 Å². The average Bonchev–Trinajstić information content (AvgIpc) is 2.87. The summed E-state index contributed by atoms with van der Waals surface area (Å²) in [5.41, 5.74) is 1.49. The van der Waals surface area contributed by atoms with E-state index in [1.54, 1.807) is 49.4 Å². The Morgan fingerprint density at radius 2 is 1.74 bits per heavy atom. The number of amides is 4. The molecule has 0 aromatic heterocycles.